The van der Waals surface area contributed by atoms with Gasteiger partial charge in [-0.3, -0.25) is 9.30 Å². The molecule has 4 fully saturated rings. The van der Waals surface area contributed by atoms with Gasteiger partial charge in [0.05, 0.1) is 6.10 Å². The van der Waals surface area contributed by atoms with Crippen LogP contribution in [0.1, 0.15) is 57.2 Å². The van der Waals surface area contributed by atoms with Crippen LogP contribution in [0.3, 0.4) is 0 Å². The Hall–Kier alpha value is -2.68. The van der Waals surface area contributed by atoms with Gasteiger partial charge < -0.3 is 20.5 Å². The molecule has 3 N–H and O–H groups in total. The van der Waals surface area contributed by atoms with Crippen LogP contribution in [0.4, 0.5) is 5.82 Å². The van der Waals surface area contributed by atoms with Crippen LogP contribution in [-0.2, 0) is 4.74 Å². The molecule has 8 heteroatoms. The summed E-state index contributed by atoms with van der Waals surface area (Å²) in [5.74, 6) is 2.88. The molecule has 36 heavy (non-hydrogen) atoms. The number of fused-ring (bicyclic) bond motifs is 3. The first kappa shape index (κ1) is 22.5. The average Bonchev–Trinajstić information content (AvgIpc) is 3.58. The lowest BCUT2D eigenvalue weighted by Crippen LogP contribution is -2.57. The van der Waals surface area contributed by atoms with E-state index in [4.69, 9.17) is 20.2 Å². The van der Waals surface area contributed by atoms with Crippen molar-refractivity contribution in [3.05, 3.63) is 42.5 Å². The number of aromatic nitrogens is 3. The zero-order valence-electron chi connectivity index (χ0n) is 21.0. The number of benzene rings is 1. The Morgan fingerprint density at radius 3 is 2.89 bits per heavy atom. The summed E-state index contributed by atoms with van der Waals surface area (Å²) in [6.07, 6.45) is 11.0. The number of nitrogens with two attached hydrogens (primary N) is 1. The molecule has 1 unspecified atom stereocenters. The lowest BCUT2D eigenvalue weighted by atomic mass is 9.78. The van der Waals surface area contributed by atoms with Gasteiger partial charge in [-0.2, -0.15) is 0 Å². The third-order valence-electron chi connectivity index (χ3n) is 8.98. The highest BCUT2D eigenvalue weighted by Gasteiger charge is 2.46. The number of nitrogen functional groups attached to an aromatic ring is 1. The number of hydrogen-bond acceptors (Lipinski definition) is 7. The van der Waals surface area contributed by atoms with E-state index in [9.17, 15) is 0 Å². The van der Waals surface area contributed by atoms with Gasteiger partial charge in [0.15, 0.2) is 0 Å². The van der Waals surface area contributed by atoms with Crippen molar-refractivity contribution >= 4 is 11.3 Å². The highest BCUT2D eigenvalue weighted by atomic mass is 16.6. The number of nitrogens with zero attached hydrogens (tertiary/aromatic N) is 4. The zero-order valence-corrected chi connectivity index (χ0v) is 21.0. The van der Waals surface area contributed by atoms with Crippen LogP contribution in [-0.4, -0.2) is 69.3 Å². The van der Waals surface area contributed by atoms with Gasteiger partial charge in [0.25, 0.3) is 0 Å². The van der Waals surface area contributed by atoms with E-state index in [0.717, 1.165) is 86.5 Å². The highest BCUT2D eigenvalue weighted by Crippen LogP contribution is 2.44. The minimum atomic E-state index is -0.0913. The van der Waals surface area contributed by atoms with Crippen molar-refractivity contribution in [3.63, 3.8) is 0 Å². The van der Waals surface area contributed by atoms with Crippen LogP contribution in [0.5, 0.6) is 5.75 Å². The smallest absolute Gasteiger partial charge is 0.150 e. The molecule has 2 bridgehead atoms. The maximum Gasteiger partial charge on any atom is 0.150 e. The van der Waals surface area contributed by atoms with Crippen molar-refractivity contribution in [2.45, 2.75) is 75.2 Å². The van der Waals surface area contributed by atoms with Crippen LogP contribution in [0.15, 0.2) is 36.7 Å². The van der Waals surface area contributed by atoms with E-state index in [0.29, 0.717) is 36.5 Å². The van der Waals surface area contributed by atoms with Gasteiger partial charge in [-0.1, -0.05) is 12.1 Å². The first-order chi connectivity index (χ1) is 17.6. The molecule has 2 aromatic heterocycles. The Morgan fingerprint density at radius 2 is 2.11 bits per heavy atom. The molecule has 190 valence electrons. The maximum absolute atomic E-state index is 6.41. The van der Waals surface area contributed by atoms with Crippen molar-refractivity contribution in [1.82, 2.24) is 24.6 Å². The second-order valence-corrected chi connectivity index (χ2v) is 11.3. The minimum absolute atomic E-state index is 0.0913. The number of hydrogen-bond donors (Lipinski definition) is 2. The van der Waals surface area contributed by atoms with E-state index in [1.165, 1.54) is 0 Å². The number of rotatable bonds is 6. The molecule has 1 atom stereocenters. The number of anilines is 1. The lowest BCUT2D eigenvalue weighted by Gasteiger charge is -2.47. The van der Waals surface area contributed by atoms with Gasteiger partial charge in [0.1, 0.15) is 40.8 Å². The van der Waals surface area contributed by atoms with Gasteiger partial charge in [-0.15, -0.1) is 0 Å². The fraction of sp³-hybridized carbons (Fsp3) is 0.571. The molecule has 3 aromatic rings. The molecule has 5 heterocycles. The van der Waals surface area contributed by atoms with Crippen LogP contribution in [0, 0.1) is 0 Å². The Morgan fingerprint density at radius 1 is 1.25 bits per heavy atom. The number of ether oxygens (including phenoxy) is 2. The van der Waals surface area contributed by atoms with Crippen LogP contribution in [0.25, 0.3) is 16.8 Å². The minimum Gasteiger partial charge on any atom is -0.491 e. The summed E-state index contributed by atoms with van der Waals surface area (Å²) >= 11 is 0. The molecule has 1 aliphatic carbocycles. The highest BCUT2D eigenvalue weighted by molar-refractivity contribution is 5.85. The standard InChI is InChI=1S/C28H36N6O2/c1-18-16-30-9-11-33(18)21-13-20(14-21)27-32-24(25-26(29)31-10-12-34(25)27)19-3-2-4-23(15-19)35-17-28-7-5-22(36-28)6-8-28/h2-4,10,12,15,18,20-22,30H,5-9,11,13-14,16-17H2,1H3,(H2,29,31). The summed E-state index contributed by atoms with van der Waals surface area (Å²) < 4.78 is 14.6. The lowest BCUT2D eigenvalue weighted by molar-refractivity contribution is -0.0198. The van der Waals surface area contributed by atoms with Crippen molar-refractivity contribution in [1.29, 1.82) is 0 Å². The summed E-state index contributed by atoms with van der Waals surface area (Å²) in [6, 6.07) is 9.46. The largest absolute Gasteiger partial charge is 0.491 e. The van der Waals surface area contributed by atoms with Crippen molar-refractivity contribution in [2.75, 3.05) is 32.0 Å². The molecule has 0 spiro atoms. The van der Waals surface area contributed by atoms with Crippen molar-refractivity contribution in [3.8, 4) is 17.0 Å². The van der Waals surface area contributed by atoms with E-state index in [1.807, 2.05) is 18.3 Å². The topological polar surface area (TPSA) is 89.9 Å². The maximum atomic E-state index is 6.41. The molecule has 4 aliphatic rings. The van der Waals surface area contributed by atoms with Crippen molar-refractivity contribution in [2.24, 2.45) is 0 Å². The fourth-order valence-electron chi connectivity index (χ4n) is 6.88. The molecule has 1 saturated carbocycles. The van der Waals surface area contributed by atoms with Gasteiger partial charge in [0.2, 0.25) is 0 Å². The molecular weight excluding hydrogens is 452 g/mol. The molecule has 3 aliphatic heterocycles. The second kappa shape index (κ2) is 8.71. The number of piperazine rings is 1. The third-order valence-corrected chi connectivity index (χ3v) is 8.98. The molecule has 3 saturated heterocycles. The van der Waals surface area contributed by atoms with Crippen molar-refractivity contribution < 1.29 is 9.47 Å². The van der Waals surface area contributed by atoms with Gasteiger partial charge in [-0.05, 0) is 57.6 Å². The van der Waals surface area contributed by atoms with Crippen LogP contribution >= 0.6 is 0 Å². The summed E-state index contributed by atoms with van der Waals surface area (Å²) in [5, 5.41) is 3.50. The Bertz CT molecular complexity index is 1260. The number of nitrogens with one attached hydrogen (secondary N) is 1. The normalized spacial score (nSPS) is 32.1. The van der Waals surface area contributed by atoms with Gasteiger partial charge in [0, 0.05) is 55.6 Å². The van der Waals surface area contributed by atoms with E-state index in [1.54, 1.807) is 6.20 Å². The van der Waals surface area contributed by atoms with Gasteiger partial charge in [-0.25, -0.2) is 9.97 Å². The summed E-state index contributed by atoms with van der Waals surface area (Å²) in [7, 11) is 0. The molecule has 8 nitrogen and oxygen atoms in total. The molecule has 1 aromatic carbocycles. The summed E-state index contributed by atoms with van der Waals surface area (Å²) in [6.45, 7) is 6.22. The first-order valence-corrected chi connectivity index (χ1v) is 13.6. The predicted octanol–water partition coefficient (Wildman–Crippen LogP) is 3.61. The Balaban J connectivity index is 1.15. The Labute approximate surface area is 212 Å². The number of imidazole rings is 1. The molecule has 0 radical (unpaired) electrons. The molecular formula is C28H36N6O2. The first-order valence-electron chi connectivity index (χ1n) is 13.6. The monoisotopic (exact) mass is 488 g/mol. The van der Waals surface area contributed by atoms with Crippen LogP contribution < -0.4 is 15.8 Å². The zero-order chi connectivity index (χ0) is 24.3. The van der Waals surface area contributed by atoms with E-state index in [-0.39, 0.29) is 5.60 Å². The van der Waals surface area contributed by atoms with Crippen LogP contribution in [0.2, 0.25) is 0 Å². The van der Waals surface area contributed by atoms with E-state index in [2.05, 4.69) is 38.7 Å². The van der Waals surface area contributed by atoms with E-state index < -0.39 is 0 Å². The summed E-state index contributed by atoms with van der Waals surface area (Å²) in [4.78, 5) is 12.3. The third kappa shape index (κ3) is 3.78. The SMILES string of the molecule is CC1CNCCN1C1CC(c2nc(-c3cccc(OCC45CCC(CC4)O5)c3)c3c(N)nccn23)C1. The average molecular weight is 489 g/mol. The van der Waals surface area contributed by atoms with E-state index >= 15 is 0 Å². The fourth-order valence-corrected chi connectivity index (χ4v) is 6.88. The summed E-state index contributed by atoms with van der Waals surface area (Å²) in [5.41, 5.74) is 9.11. The quantitative estimate of drug-likeness (QED) is 0.548. The molecule has 0 amide bonds. The van der Waals surface area contributed by atoms with Gasteiger partial charge >= 0.3 is 0 Å². The second-order valence-electron chi connectivity index (χ2n) is 11.3. The predicted molar refractivity (Wildman–Crippen MR) is 139 cm³/mol. The Kier molecular flexibility index (Phi) is 5.45. The molecule has 7 rings (SSSR count).